The number of pyridine rings is 1. The molecule has 0 aliphatic rings. The van der Waals surface area contributed by atoms with Crippen LogP contribution in [0.15, 0.2) is 182 Å². The Morgan fingerprint density at radius 1 is 0.442 bits per heavy atom. The van der Waals surface area contributed by atoms with E-state index in [1.165, 1.54) is 64.2 Å². The predicted molar refractivity (Wildman–Crippen MR) is 222 cm³/mol. The van der Waals surface area contributed by atoms with Crippen LogP contribution in [0.3, 0.4) is 0 Å². The Morgan fingerprint density at radius 2 is 1.04 bits per heavy atom. The van der Waals surface area contributed by atoms with Crippen molar-refractivity contribution in [1.82, 2.24) is 9.55 Å². The van der Waals surface area contributed by atoms with E-state index in [0.29, 0.717) is 0 Å². The molecule has 0 amide bonds. The summed E-state index contributed by atoms with van der Waals surface area (Å²) in [5.41, 5.74) is 12.7. The van der Waals surface area contributed by atoms with Crippen LogP contribution >= 0.6 is 11.3 Å². The molecule has 3 aromatic heterocycles. The molecule has 0 N–H and O–H groups in total. The van der Waals surface area contributed by atoms with Crippen molar-refractivity contribution in [3.8, 4) is 27.9 Å². The minimum absolute atomic E-state index is 1.08. The van der Waals surface area contributed by atoms with Gasteiger partial charge in [-0.3, -0.25) is 4.98 Å². The summed E-state index contributed by atoms with van der Waals surface area (Å²) < 4.78 is 4.93. The van der Waals surface area contributed by atoms with Crippen molar-refractivity contribution in [2.45, 2.75) is 6.92 Å². The monoisotopic (exact) mass is 683 g/mol. The van der Waals surface area contributed by atoms with Crippen LogP contribution in [-0.4, -0.2) is 9.55 Å². The zero-order chi connectivity index (χ0) is 34.6. The Bertz CT molecular complexity index is 2900. The van der Waals surface area contributed by atoms with E-state index in [1.807, 2.05) is 23.7 Å². The molecule has 0 saturated carbocycles. The Kier molecular flexibility index (Phi) is 7.22. The zero-order valence-corrected chi connectivity index (χ0v) is 29.4. The number of hydrogen-bond acceptors (Lipinski definition) is 3. The first kappa shape index (κ1) is 30.3. The minimum Gasteiger partial charge on any atom is -0.310 e. The van der Waals surface area contributed by atoms with Crippen molar-refractivity contribution in [3.05, 3.63) is 188 Å². The van der Waals surface area contributed by atoms with Gasteiger partial charge in [0.25, 0.3) is 0 Å². The first-order valence-electron chi connectivity index (χ1n) is 17.6. The van der Waals surface area contributed by atoms with Crippen molar-refractivity contribution in [3.63, 3.8) is 0 Å². The molecule has 0 radical (unpaired) electrons. The van der Waals surface area contributed by atoms with E-state index in [0.717, 1.165) is 28.3 Å². The number of benzene rings is 7. The van der Waals surface area contributed by atoms with Gasteiger partial charge in [-0.1, -0.05) is 103 Å². The highest BCUT2D eigenvalue weighted by Crippen LogP contribution is 2.42. The molecule has 7 aromatic carbocycles. The van der Waals surface area contributed by atoms with Crippen molar-refractivity contribution < 1.29 is 0 Å². The maximum atomic E-state index is 4.50. The molecule has 4 heteroatoms. The lowest BCUT2D eigenvalue weighted by Crippen LogP contribution is -2.09. The zero-order valence-electron chi connectivity index (χ0n) is 28.6. The average molecular weight is 684 g/mol. The van der Waals surface area contributed by atoms with Gasteiger partial charge in [0.15, 0.2) is 0 Å². The molecule has 0 bridgehead atoms. The normalized spacial score (nSPS) is 11.6. The second kappa shape index (κ2) is 12.4. The highest BCUT2D eigenvalue weighted by Gasteiger charge is 2.17. The summed E-state index contributed by atoms with van der Waals surface area (Å²) in [6.45, 7) is 2.09. The lowest BCUT2D eigenvalue weighted by Gasteiger charge is -2.26. The summed E-state index contributed by atoms with van der Waals surface area (Å²) in [6, 6.07) is 61.7. The standard InChI is InChI=1S/C48H33N3S/c1-32-27-40(31-49-30-32)51-45-13-7-5-11-41(45)44-28-36(19-26-46(44)51)35-17-22-38(23-18-35)50(37-20-15-34(16-21-37)33-9-3-2-4-10-33)39-24-25-43-42-12-6-8-14-47(42)52-48(43)29-39/h2-31H,1H3. The van der Waals surface area contributed by atoms with Crippen LogP contribution in [0, 0.1) is 6.92 Å². The number of hydrogen-bond donors (Lipinski definition) is 0. The highest BCUT2D eigenvalue weighted by molar-refractivity contribution is 7.25. The average Bonchev–Trinajstić information content (AvgIpc) is 3.74. The van der Waals surface area contributed by atoms with Gasteiger partial charge < -0.3 is 9.47 Å². The molecule has 0 atom stereocenters. The lowest BCUT2D eigenvalue weighted by molar-refractivity contribution is 1.12. The second-order valence-electron chi connectivity index (χ2n) is 13.4. The summed E-state index contributed by atoms with van der Waals surface area (Å²) in [6.07, 6.45) is 3.85. The summed E-state index contributed by atoms with van der Waals surface area (Å²) in [5, 5.41) is 5.08. The van der Waals surface area contributed by atoms with Gasteiger partial charge in [-0.2, -0.15) is 0 Å². The van der Waals surface area contributed by atoms with E-state index in [1.54, 1.807) is 0 Å². The Labute approximate surface area is 306 Å². The Balaban J connectivity index is 1.07. The first-order chi connectivity index (χ1) is 25.7. The van der Waals surface area contributed by atoms with E-state index in [2.05, 4.69) is 191 Å². The minimum atomic E-state index is 1.08. The van der Waals surface area contributed by atoms with Crippen LogP contribution in [0.5, 0.6) is 0 Å². The Hall–Kier alpha value is -6.49. The number of nitrogens with zero attached hydrogens (tertiary/aromatic N) is 3. The highest BCUT2D eigenvalue weighted by atomic mass is 32.1. The molecule has 10 aromatic rings. The summed E-state index contributed by atoms with van der Waals surface area (Å²) >= 11 is 1.85. The maximum Gasteiger partial charge on any atom is 0.0648 e. The number of thiophene rings is 1. The topological polar surface area (TPSA) is 21.1 Å². The van der Waals surface area contributed by atoms with Gasteiger partial charge >= 0.3 is 0 Å². The molecular formula is C48H33N3S. The third-order valence-corrected chi connectivity index (χ3v) is 11.2. The van der Waals surface area contributed by atoms with Gasteiger partial charge in [0.2, 0.25) is 0 Å². The van der Waals surface area contributed by atoms with Gasteiger partial charge in [0.1, 0.15) is 0 Å². The fraction of sp³-hybridized carbons (Fsp3) is 0.0208. The molecule has 0 spiro atoms. The smallest absolute Gasteiger partial charge is 0.0648 e. The number of fused-ring (bicyclic) bond motifs is 6. The van der Waals surface area contributed by atoms with Gasteiger partial charge in [0, 0.05) is 54.2 Å². The third kappa shape index (κ3) is 5.15. The van der Waals surface area contributed by atoms with Crippen molar-refractivity contribution in [2.24, 2.45) is 0 Å². The van der Waals surface area contributed by atoms with E-state index >= 15 is 0 Å². The molecule has 10 rings (SSSR count). The van der Waals surface area contributed by atoms with E-state index < -0.39 is 0 Å². The summed E-state index contributed by atoms with van der Waals surface area (Å²) in [4.78, 5) is 6.87. The van der Waals surface area contributed by atoms with E-state index in [4.69, 9.17) is 0 Å². The molecule has 3 heterocycles. The van der Waals surface area contributed by atoms with Gasteiger partial charge in [-0.15, -0.1) is 11.3 Å². The molecule has 0 unspecified atom stereocenters. The quantitative estimate of drug-likeness (QED) is 0.174. The lowest BCUT2D eigenvalue weighted by atomic mass is 10.0. The van der Waals surface area contributed by atoms with Gasteiger partial charge in [-0.25, -0.2) is 0 Å². The van der Waals surface area contributed by atoms with Crippen LogP contribution in [0.1, 0.15) is 5.56 Å². The van der Waals surface area contributed by atoms with E-state index in [9.17, 15) is 0 Å². The van der Waals surface area contributed by atoms with Crippen LogP contribution in [0.2, 0.25) is 0 Å². The predicted octanol–water partition coefficient (Wildman–Crippen LogP) is 13.7. The van der Waals surface area contributed by atoms with Crippen molar-refractivity contribution in [2.75, 3.05) is 4.90 Å². The summed E-state index contributed by atoms with van der Waals surface area (Å²) in [7, 11) is 0. The molecular weight excluding hydrogens is 651 g/mol. The van der Waals surface area contributed by atoms with Crippen LogP contribution in [0.4, 0.5) is 17.1 Å². The molecule has 52 heavy (non-hydrogen) atoms. The number of anilines is 3. The summed E-state index contributed by atoms with van der Waals surface area (Å²) in [5.74, 6) is 0. The number of aromatic nitrogens is 2. The molecule has 3 nitrogen and oxygen atoms in total. The largest absolute Gasteiger partial charge is 0.310 e. The molecule has 0 fully saturated rings. The molecule has 0 aliphatic carbocycles. The molecule has 0 aliphatic heterocycles. The number of para-hydroxylation sites is 1. The van der Waals surface area contributed by atoms with Crippen molar-refractivity contribution in [1.29, 1.82) is 0 Å². The van der Waals surface area contributed by atoms with Crippen LogP contribution in [-0.2, 0) is 0 Å². The number of aryl methyl sites for hydroxylation is 1. The van der Waals surface area contributed by atoms with Crippen LogP contribution in [0.25, 0.3) is 69.9 Å². The second-order valence-corrected chi connectivity index (χ2v) is 14.5. The van der Waals surface area contributed by atoms with Gasteiger partial charge in [0.05, 0.1) is 22.9 Å². The van der Waals surface area contributed by atoms with Gasteiger partial charge in [-0.05, 0) is 101 Å². The Morgan fingerprint density at radius 3 is 1.81 bits per heavy atom. The SMILES string of the molecule is Cc1cncc(-n2c3ccccc3c3cc(-c4ccc(N(c5ccc(-c6ccccc6)cc5)c5ccc6c(c5)sc5ccccc56)cc4)ccc32)c1. The maximum absolute atomic E-state index is 4.50. The number of rotatable bonds is 6. The molecule has 0 saturated heterocycles. The first-order valence-corrected chi connectivity index (χ1v) is 18.4. The molecule has 246 valence electrons. The van der Waals surface area contributed by atoms with Crippen molar-refractivity contribution >= 4 is 70.4 Å². The van der Waals surface area contributed by atoms with Crippen LogP contribution < -0.4 is 4.90 Å². The fourth-order valence-corrected chi connectivity index (χ4v) is 8.77. The third-order valence-electron chi connectivity index (χ3n) is 10.1. The fourth-order valence-electron chi connectivity index (χ4n) is 7.63. The van der Waals surface area contributed by atoms with E-state index in [-0.39, 0.29) is 0 Å².